The number of nitrogens with one attached hydrogen (secondary N) is 1. The molecule has 1 N–H and O–H groups in total. The van der Waals surface area contributed by atoms with Gasteiger partial charge in [-0.15, -0.1) is 0 Å². The van der Waals surface area contributed by atoms with Gasteiger partial charge in [-0.3, -0.25) is 0 Å². The third-order valence-corrected chi connectivity index (χ3v) is 3.04. The van der Waals surface area contributed by atoms with E-state index in [0.29, 0.717) is 32.0 Å². The molecule has 0 atom stereocenters. The van der Waals surface area contributed by atoms with Crippen LogP contribution in [0.3, 0.4) is 0 Å². The summed E-state index contributed by atoms with van der Waals surface area (Å²) in [6.45, 7) is 10.4. The van der Waals surface area contributed by atoms with Crippen LogP contribution >= 0.6 is 0 Å². The molecule has 1 aromatic carbocycles. The van der Waals surface area contributed by atoms with E-state index in [1.165, 1.54) is 6.07 Å². The van der Waals surface area contributed by atoms with Crippen LogP contribution in [0, 0.1) is 5.82 Å². The number of ether oxygens (including phenoxy) is 1. The molecular weight excluding hydrogens is 243 g/mol. The number of hydrogen-bond donors (Lipinski definition) is 1. The molecule has 0 heterocycles. The monoisotopic (exact) mass is 268 g/mol. The zero-order valence-corrected chi connectivity index (χ0v) is 12.2. The molecule has 3 nitrogen and oxygen atoms in total. The Kier molecular flexibility index (Phi) is 7.45. The van der Waals surface area contributed by atoms with Gasteiger partial charge in [0, 0.05) is 26.2 Å². The summed E-state index contributed by atoms with van der Waals surface area (Å²) in [5, 5.41) is 3.25. The molecule has 0 radical (unpaired) electrons. The van der Waals surface area contributed by atoms with E-state index in [-0.39, 0.29) is 5.82 Å². The van der Waals surface area contributed by atoms with E-state index in [4.69, 9.17) is 4.74 Å². The molecule has 0 aliphatic rings. The molecule has 0 unspecified atom stereocenters. The van der Waals surface area contributed by atoms with Crippen molar-refractivity contribution < 1.29 is 9.13 Å². The van der Waals surface area contributed by atoms with Crippen molar-refractivity contribution in [3.05, 3.63) is 29.6 Å². The Morgan fingerprint density at radius 3 is 2.68 bits per heavy atom. The van der Waals surface area contributed by atoms with Gasteiger partial charge >= 0.3 is 0 Å². The number of halogens is 1. The highest BCUT2D eigenvalue weighted by Crippen LogP contribution is 2.24. The van der Waals surface area contributed by atoms with Crippen LogP contribution in [0.25, 0.3) is 0 Å². The van der Waals surface area contributed by atoms with E-state index >= 15 is 0 Å². The second kappa shape index (κ2) is 8.88. The Balaban J connectivity index is 2.86. The molecule has 0 aliphatic carbocycles. The molecule has 0 fully saturated rings. The van der Waals surface area contributed by atoms with Gasteiger partial charge in [0.1, 0.15) is 5.82 Å². The molecule has 0 aromatic heterocycles. The normalized spacial score (nSPS) is 10.7. The van der Waals surface area contributed by atoms with Crippen molar-refractivity contribution in [1.29, 1.82) is 0 Å². The van der Waals surface area contributed by atoms with Crippen LogP contribution in [0.5, 0.6) is 0 Å². The van der Waals surface area contributed by atoms with Crippen LogP contribution in [0.4, 0.5) is 10.1 Å². The quantitative estimate of drug-likeness (QED) is 0.697. The van der Waals surface area contributed by atoms with Crippen LogP contribution < -0.4 is 10.2 Å². The summed E-state index contributed by atoms with van der Waals surface area (Å²) < 4.78 is 19.5. The van der Waals surface area contributed by atoms with Crippen LogP contribution in [-0.2, 0) is 11.3 Å². The highest BCUT2D eigenvalue weighted by atomic mass is 19.1. The van der Waals surface area contributed by atoms with Gasteiger partial charge in [0.2, 0.25) is 0 Å². The molecule has 0 bridgehead atoms. The molecule has 1 rings (SSSR count). The molecule has 4 heteroatoms. The maximum absolute atomic E-state index is 14.1. The van der Waals surface area contributed by atoms with Crippen molar-refractivity contribution in [2.24, 2.45) is 0 Å². The average molecular weight is 268 g/mol. The summed E-state index contributed by atoms with van der Waals surface area (Å²) in [5.41, 5.74) is 1.70. The SMILES string of the molecule is CCNCc1cccc(F)c1N(CC)CCOCC. The maximum Gasteiger partial charge on any atom is 0.146 e. The lowest BCUT2D eigenvalue weighted by Crippen LogP contribution is -2.30. The van der Waals surface area contributed by atoms with E-state index in [1.807, 2.05) is 31.7 Å². The number of anilines is 1. The van der Waals surface area contributed by atoms with E-state index in [9.17, 15) is 4.39 Å². The fraction of sp³-hybridized carbons (Fsp3) is 0.600. The van der Waals surface area contributed by atoms with Gasteiger partial charge in [-0.05, 0) is 32.0 Å². The first kappa shape index (κ1) is 15.9. The van der Waals surface area contributed by atoms with Gasteiger partial charge in [-0.25, -0.2) is 4.39 Å². The lowest BCUT2D eigenvalue weighted by atomic mass is 10.1. The largest absolute Gasteiger partial charge is 0.380 e. The third kappa shape index (κ3) is 4.80. The van der Waals surface area contributed by atoms with Crippen molar-refractivity contribution in [3.63, 3.8) is 0 Å². The first-order valence-corrected chi connectivity index (χ1v) is 7.05. The zero-order chi connectivity index (χ0) is 14.1. The van der Waals surface area contributed by atoms with E-state index in [2.05, 4.69) is 5.32 Å². The van der Waals surface area contributed by atoms with Crippen molar-refractivity contribution >= 4 is 5.69 Å². The van der Waals surface area contributed by atoms with E-state index in [0.717, 1.165) is 18.7 Å². The molecule has 19 heavy (non-hydrogen) atoms. The lowest BCUT2D eigenvalue weighted by molar-refractivity contribution is 0.154. The minimum absolute atomic E-state index is 0.159. The second-order valence-corrected chi connectivity index (χ2v) is 4.30. The fourth-order valence-corrected chi connectivity index (χ4v) is 2.06. The summed E-state index contributed by atoms with van der Waals surface area (Å²) in [5.74, 6) is -0.159. The Morgan fingerprint density at radius 1 is 1.26 bits per heavy atom. The lowest BCUT2D eigenvalue weighted by Gasteiger charge is -2.26. The van der Waals surface area contributed by atoms with Crippen molar-refractivity contribution in [2.75, 3.05) is 37.7 Å². The molecular formula is C15H25FN2O. The van der Waals surface area contributed by atoms with Gasteiger partial charge in [0.25, 0.3) is 0 Å². The minimum atomic E-state index is -0.159. The van der Waals surface area contributed by atoms with Crippen LogP contribution in [-0.4, -0.2) is 32.8 Å². The molecule has 0 amide bonds. The highest BCUT2D eigenvalue weighted by Gasteiger charge is 2.14. The van der Waals surface area contributed by atoms with E-state index < -0.39 is 0 Å². The molecule has 0 spiro atoms. The molecule has 0 aliphatic heterocycles. The summed E-state index contributed by atoms with van der Waals surface area (Å²) in [6.07, 6.45) is 0. The number of hydrogen-bond acceptors (Lipinski definition) is 3. The average Bonchev–Trinajstić information content (AvgIpc) is 2.42. The predicted octanol–water partition coefficient (Wildman–Crippen LogP) is 2.80. The minimum Gasteiger partial charge on any atom is -0.380 e. The summed E-state index contributed by atoms with van der Waals surface area (Å²) in [4.78, 5) is 2.04. The maximum atomic E-state index is 14.1. The zero-order valence-electron chi connectivity index (χ0n) is 12.2. The Bertz CT molecular complexity index is 371. The first-order chi connectivity index (χ1) is 9.24. The Morgan fingerprint density at radius 2 is 2.05 bits per heavy atom. The summed E-state index contributed by atoms with van der Waals surface area (Å²) in [7, 11) is 0. The van der Waals surface area contributed by atoms with Gasteiger partial charge in [-0.1, -0.05) is 19.1 Å². The van der Waals surface area contributed by atoms with Gasteiger partial charge in [0.15, 0.2) is 0 Å². The topological polar surface area (TPSA) is 24.5 Å². The number of benzene rings is 1. The molecule has 0 saturated carbocycles. The third-order valence-electron chi connectivity index (χ3n) is 3.04. The van der Waals surface area contributed by atoms with Gasteiger partial charge < -0.3 is 15.0 Å². The highest BCUT2D eigenvalue weighted by molar-refractivity contribution is 5.54. The molecule has 108 valence electrons. The van der Waals surface area contributed by atoms with Gasteiger partial charge in [-0.2, -0.15) is 0 Å². The number of nitrogens with zero attached hydrogens (tertiary/aromatic N) is 1. The second-order valence-electron chi connectivity index (χ2n) is 4.30. The van der Waals surface area contributed by atoms with Crippen LogP contribution in [0.2, 0.25) is 0 Å². The number of para-hydroxylation sites is 1. The predicted molar refractivity (Wildman–Crippen MR) is 78.2 cm³/mol. The molecule has 1 aromatic rings. The standard InChI is InChI=1S/C15H25FN2O/c1-4-17-12-13-8-7-9-14(16)15(13)18(5-2)10-11-19-6-3/h7-9,17H,4-6,10-12H2,1-3H3. The Hall–Kier alpha value is -1.13. The van der Waals surface area contributed by atoms with Gasteiger partial charge in [0.05, 0.1) is 12.3 Å². The van der Waals surface area contributed by atoms with Crippen molar-refractivity contribution in [3.8, 4) is 0 Å². The summed E-state index contributed by atoms with van der Waals surface area (Å²) in [6, 6.07) is 5.26. The first-order valence-electron chi connectivity index (χ1n) is 7.05. The van der Waals surface area contributed by atoms with Crippen LogP contribution in [0.1, 0.15) is 26.3 Å². The Labute approximate surface area is 115 Å². The van der Waals surface area contributed by atoms with Crippen LogP contribution in [0.15, 0.2) is 18.2 Å². The smallest absolute Gasteiger partial charge is 0.146 e. The fourth-order valence-electron chi connectivity index (χ4n) is 2.06. The van der Waals surface area contributed by atoms with Crippen molar-refractivity contribution in [2.45, 2.75) is 27.3 Å². The number of rotatable bonds is 9. The van der Waals surface area contributed by atoms with E-state index in [1.54, 1.807) is 6.07 Å². The summed E-state index contributed by atoms with van der Waals surface area (Å²) >= 11 is 0. The number of likely N-dealkylation sites (N-methyl/N-ethyl adjacent to an activating group) is 1. The molecule has 0 saturated heterocycles. The van der Waals surface area contributed by atoms with Crippen molar-refractivity contribution in [1.82, 2.24) is 5.32 Å².